The molecule has 2 aliphatic rings. The molecule has 0 atom stereocenters. The number of carbonyl (C=O) groups excluding carboxylic acids is 2. The van der Waals surface area contributed by atoms with E-state index in [9.17, 15) is 18.0 Å². The molecule has 10 nitrogen and oxygen atoms in total. The Morgan fingerprint density at radius 2 is 1.84 bits per heavy atom. The van der Waals surface area contributed by atoms with Gasteiger partial charge in [0.05, 0.1) is 23.2 Å². The largest absolute Gasteiger partial charge is 0.310 e. The number of nitrogens with one attached hydrogen (secondary N) is 1. The van der Waals surface area contributed by atoms with Crippen molar-refractivity contribution in [3.63, 3.8) is 0 Å². The lowest BCUT2D eigenvalue weighted by molar-refractivity contribution is -0.121. The maximum atomic E-state index is 12.9. The lowest BCUT2D eigenvalue weighted by Gasteiger charge is -2.29. The zero-order valence-corrected chi connectivity index (χ0v) is 19.3. The summed E-state index contributed by atoms with van der Waals surface area (Å²) >= 11 is 0. The number of carbonyl (C=O) groups is 2. The van der Waals surface area contributed by atoms with Crippen LogP contribution in [0.25, 0.3) is 0 Å². The number of nitrogens with zero attached hydrogens (tertiary/aromatic N) is 5. The summed E-state index contributed by atoms with van der Waals surface area (Å²) < 4.78 is 26.1. The van der Waals surface area contributed by atoms with Gasteiger partial charge in [-0.15, -0.1) is 0 Å². The number of anilines is 1. The summed E-state index contributed by atoms with van der Waals surface area (Å²) in [7, 11) is -3.27. The molecule has 1 N–H and O–H groups in total. The topological polar surface area (TPSA) is 126 Å². The van der Waals surface area contributed by atoms with Crippen LogP contribution in [0.15, 0.2) is 28.2 Å². The highest BCUT2D eigenvalue weighted by molar-refractivity contribution is 7.88. The van der Waals surface area contributed by atoms with E-state index in [1.54, 1.807) is 13.0 Å². The van der Waals surface area contributed by atoms with Gasteiger partial charge in [-0.3, -0.25) is 9.59 Å². The third-order valence-electron chi connectivity index (χ3n) is 5.38. The predicted molar refractivity (Wildman–Crippen MR) is 119 cm³/mol. The molecule has 3 heterocycles. The highest BCUT2D eigenvalue weighted by atomic mass is 32.2. The summed E-state index contributed by atoms with van der Waals surface area (Å²) in [6.45, 7) is 11.9. The summed E-state index contributed by atoms with van der Waals surface area (Å²) in [5, 5.41) is 7.41. The van der Waals surface area contributed by atoms with Crippen LogP contribution in [0.4, 0.5) is 5.82 Å². The number of hydrogen-bond acceptors (Lipinski definition) is 6. The van der Waals surface area contributed by atoms with Gasteiger partial charge in [-0.1, -0.05) is 27.4 Å². The van der Waals surface area contributed by atoms with Gasteiger partial charge in [0, 0.05) is 30.5 Å². The Morgan fingerprint density at radius 3 is 2.35 bits per heavy atom. The minimum Gasteiger partial charge on any atom is -0.310 e. The van der Waals surface area contributed by atoms with E-state index in [0.29, 0.717) is 43.2 Å². The molecule has 2 aliphatic heterocycles. The van der Waals surface area contributed by atoms with Gasteiger partial charge in [-0.05, 0) is 19.8 Å². The SMILES string of the molecule is C=C1C(=O)N=C(n2nc(C(C)(C)C)cc2NC(=O)C2CCN(S(C)(=O)=O)CC2)N=C1C. The molecule has 1 aromatic heterocycles. The Hall–Kier alpha value is -2.66. The Bertz CT molecular complexity index is 1100. The maximum absolute atomic E-state index is 12.9. The number of sulfonamides is 1. The minimum atomic E-state index is -3.27. The quantitative estimate of drug-likeness (QED) is 0.702. The zero-order chi connectivity index (χ0) is 23.1. The first-order valence-corrected chi connectivity index (χ1v) is 11.9. The number of aliphatic imine (C=N–C) groups is 2. The molecule has 1 fully saturated rings. The van der Waals surface area contributed by atoms with Crippen molar-refractivity contribution in [2.24, 2.45) is 15.9 Å². The van der Waals surface area contributed by atoms with Gasteiger partial charge in [-0.25, -0.2) is 17.7 Å². The molecule has 1 saturated heterocycles. The summed E-state index contributed by atoms with van der Waals surface area (Å²) in [6.07, 6.45) is 2.02. The molecule has 0 saturated carbocycles. The smallest absolute Gasteiger partial charge is 0.281 e. The molecule has 31 heavy (non-hydrogen) atoms. The van der Waals surface area contributed by atoms with Gasteiger partial charge < -0.3 is 5.32 Å². The minimum absolute atomic E-state index is 0.0626. The summed E-state index contributed by atoms with van der Waals surface area (Å²) in [4.78, 5) is 33.3. The summed E-state index contributed by atoms with van der Waals surface area (Å²) in [5.74, 6) is -0.647. The number of rotatable bonds is 3. The highest BCUT2D eigenvalue weighted by Crippen LogP contribution is 2.26. The first-order valence-electron chi connectivity index (χ1n) is 10.0. The summed E-state index contributed by atoms with van der Waals surface area (Å²) in [6, 6.07) is 1.74. The van der Waals surface area contributed by atoms with Crippen molar-refractivity contribution in [1.82, 2.24) is 14.1 Å². The number of hydrogen-bond donors (Lipinski definition) is 1. The Morgan fingerprint density at radius 1 is 1.23 bits per heavy atom. The van der Waals surface area contributed by atoms with Crippen molar-refractivity contribution in [1.29, 1.82) is 0 Å². The molecule has 0 bridgehead atoms. The molecule has 0 unspecified atom stereocenters. The van der Waals surface area contributed by atoms with Crippen molar-refractivity contribution in [3.8, 4) is 0 Å². The van der Waals surface area contributed by atoms with Crippen LogP contribution in [-0.2, 0) is 25.0 Å². The number of piperidine rings is 1. The van der Waals surface area contributed by atoms with E-state index in [4.69, 9.17) is 0 Å². The second-order valence-electron chi connectivity index (χ2n) is 8.89. The van der Waals surface area contributed by atoms with E-state index in [1.807, 2.05) is 20.8 Å². The van der Waals surface area contributed by atoms with E-state index in [0.717, 1.165) is 0 Å². The lowest BCUT2D eigenvalue weighted by atomic mass is 9.92. The lowest BCUT2D eigenvalue weighted by Crippen LogP contribution is -2.41. The van der Waals surface area contributed by atoms with Gasteiger partial charge in [-0.2, -0.15) is 14.8 Å². The van der Waals surface area contributed by atoms with Crippen LogP contribution in [0, 0.1) is 5.92 Å². The van der Waals surface area contributed by atoms with Crippen LogP contribution in [-0.4, -0.2) is 65.3 Å². The molecule has 0 radical (unpaired) electrons. The monoisotopic (exact) mass is 448 g/mol. The molecule has 3 rings (SSSR count). The van der Waals surface area contributed by atoms with Crippen LogP contribution in [0.5, 0.6) is 0 Å². The third-order valence-corrected chi connectivity index (χ3v) is 6.68. The molecule has 1 aromatic rings. The molecular formula is C20H28N6O4S. The van der Waals surface area contributed by atoms with Crippen molar-refractivity contribution in [2.75, 3.05) is 24.7 Å². The maximum Gasteiger partial charge on any atom is 0.281 e. The van der Waals surface area contributed by atoms with Gasteiger partial charge in [0.1, 0.15) is 5.82 Å². The van der Waals surface area contributed by atoms with Gasteiger partial charge in [0.2, 0.25) is 15.9 Å². The fourth-order valence-corrected chi connectivity index (χ4v) is 4.19. The molecule has 168 valence electrons. The zero-order valence-electron chi connectivity index (χ0n) is 18.5. The Labute approximate surface area is 182 Å². The van der Waals surface area contributed by atoms with Crippen LogP contribution in [0.1, 0.15) is 46.2 Å². The van der Waals surface area contributed by atoms with Crippen molar-refractivity contribution in [2.45, 2.75) is 46.0 Å². The molecule has 2 amide bonds. The third kappa shape index (κ3) is 4.99. The van der Waals surface area contributed by atoms with Crippen molar-refractivity contribution in [3.05, 3.63) is 23.9 Å². The Balaban J connectivity index is 1.87. The molecule has 0 aromatic carbocycles. The van der Waals surface area contributed by atoms with Crippen molar-refractivity contribution >= 4 is 39.3 Å². The average Bonchev–Trinajstić information content (AvgIpc) is 3.09. The van der Waals surface area contributed by atoms with Gasteiger partial charge in [0.25, 0.3) is 11.9 Å². The second-order valence-corrected chi connectivity index (χ2v) is 10.9. The van der Waals surface area contributed by atoms with E-state index >= 15 is 0 Å². The standard InChI is InChI=1S/C20H28N6O4S/c1-12-13(2)21-19(23-17(12)27)26-16(11-15(24-26)20(3,4)5)22-18(28)14-7-9-25(10-8-14)31(6,29)30/h11,14H,1,7-10H2,2-6H3,(H,22,28). The Kier molecular flexibility index (Phi) is 6.03. The molecule has 0 aliphatic carbocycles. The first-order chi connectivity index (χ1) is 14.3. The number of aromatic nitrogens is 2. The molecule has 0 spiro atoms. The van der Waals surface area contributed by atoms with Gasteiger partial charge in [0.15, 0.2) is 0 Å². The van der Waals surface area contributed by atoms with E-state index < -0.39 is 15.9 Å². The molecule has 11 heteroatoms. The average molecular weight is 449 g/mol. The second kappa shape index (κ2) is 8.12. The van der Waals surface area contributed by atoms with Crippen LogP contribution in [0.3, 0.4) is 0 Å². The first kappa shape index (κ1) is 23.0. The fourth-order valence-electron chi connectivity index (χ4n) is 3.32. The normalized spacial score (nSPS) is 19.3. The predicted octanol–water partition coefficient (Wildman–Crippen LogP) is 1.55. The summed E-state index contributed by atoms with van der Waals surface area (Å²) in [5.41, 5.74) is 1.04. The van der Waals surface area contributed by atoms with Crippen molar-refractivity contribution < 1.29 is 18.0 Å². The highest BCUT2D eigenvalue weighted by Gasteiger charge is 2.31. The van der Waals surface area contributed by atoms with Crippen LogP contribution < -0.4 is 5.32 Å². The van der Waals surface area contributed by atoms with E-state index in [-0.39, 0.29) is 28.8 Å². The fraction of sp³-hybridized carbons (Fsp3) is 0.550. The number of amides is 2. The van der Waals surface area contributed by atoms with Crippen LogP contribution >= 0.6 is 0 Å². The molecular weight excluding hydrogens is 420 g/mol. The van der Waals surface area contributed by atoms with Crippen LogP contribution in [0.2, 0.25) is 0 Å². The van der Waals surface area contributed by atoms with E-state index in [1.165, 1.54) is 15.2 Å². The van der Waals surface area contributed by atoms with Gasteiger partial charge >= 0.3 is 0 Å². The van der Waals surface area contributed by atoms with E-state index in [2.05, 4.69) is 27.0 Å².